The predicted octanol–water partition coefficient (Wildman–Crippen LogP) is 3.32. The molecule has 0 bridgehead atoms. The number of pyridine rings is 1. The van der Waals surface area contributed by atoms with E-state index in [1.165, 1.54) is 6.92 Å². The van der Waals surface area contributed by atoms with E-state index in [1.54, 1.807) is 29.1 Å². The Hall–Kier alpha value is -3.41. The molecule has 0 spiro atoms. The van der Waals surface area contributed by atoms with Gasteiger partial charge < -0.3 is 14.0 Å². The summed E-state index contributed by atoms with van der Waals surface area (Å²) in [4.78, 5) is 24.6. The van der Waals surface area contributed by atoms with Crippen LogP contribution in [-0.4, -0.2) is 28.8 Å². The number of para-hydroxylation sites is 2. The first-order chi connectivity index (χ1) is 14.4. The van der Waals surface area contributed by atoms with Gasteiger partial charge in [0.1, 0.15) is 6.61 Å². The van der Waals surface area contributed by atoms with Gasteiger partial charge in [-0.2, -0.15) is 4.57 Å². The number of benzene rings is 1. The minimum absolute atomic E-state index is 0.00575. The third kappa shape index (κ3) is 3.99. The summed E-state index contributed by atoms with van der Waals surface area (Å²) >= 11 is 0. The zero-order chi connectivity index (χ0) is 21.3. The van der Waals surface area contributed by atoms with Crippen LogP contribution in [0, 0.1) is 13.8 Å². The number of ether oxygens (including phenoxy) is 2. The highest BCUT2D eigenvalue weighted by atomic mass is 16.6. The standard InChI is InChI=1S/C24H25N2O4/c1-16-11-21(22(28)14-25-10-6-7-19(12-25)18(3)27)17(2)26(16)13-20-15-29-23-8-4-5-9-24(23)30-20/h4-12,20H,13-15H2,1-3H3/q+1/t20-/m0/s1. The Morgan fingerprint density at radius 3 is 2.67 bits per heavy atom. The molecule has 0 fully saturated rings. The number of fused-ring (bicyclic) bond motifs is 1. The third-order valence-electron chi connectivity index (χ3n) is 5.42. The SMILES string of the molecule is CC(=O)c1ccc[n+](CC(=O)c2cc(C)n(C[C@H]3COc4ccccc4O3)c2C)c1. The second-order valence-corrected chi connectivity index (χ2v) is 7.64. The van der Waals surface area contributed by atoms with Crippen LogP contribution in [0.3, 0.4) is 0 Å². The normalized spacial score (nSPS) is 15.1. The Morgan fingerprint density at radius 2 is 1.90 bits per heavy atom. The van der Waals surface area contributed by atoms with Gasteiger partial charge in [-0.25, -0.2) is 0 Å². The van der Waals surface area contributed by atoms with Crippen LogP contribution in [0.5, 0.6) is 11.5 Å². The van der Waals surface area contributed by atoms with E-state index >= 15 is 0 Å². The molecular formula is C24H25N2O4+. The van der Waals surface area contributed by atoms with Crippen LogP contribution in [0.2, 0.25) is 0 Å². The second-order valence-electron chi connectivity index (χ2n) is 7.64. The van der Waals surface area contributed by atoms with Crippen LogP contribution in [-0.2, 0) is 13.1 Å². The number of nitrogens with zero attached hydrogens (tertiary/aromatic N) is 2. The summed E-state index contributed by atoms with van der Waals surface area (Å²) in [7, 11) is 0. The summed E-state index contributed by atoms with van der Waals surface area (Å²) in [5, 5.41) is 0. The van der Waals surface area contributed by atoms with Crippen LogP contribution in [0.1, 0.15) is 39.0 Å². The van der Waals surface area contributed by atoms with Gasteiger partial charge in [0.15, 0.2) is 35.8 Å². The molecule has 2 aromatic heterocycles. The Kier molecular flexibility index (Phi) is 5.40. The van der Waals surface area contributed by atoms with Crippen molar-refractivity contribution in [1.82, 2.24) is 4.57 Å². The number of aryl methyl sites for hydroxylation is 1. The third-order valence-corrected chi connectivity index (χ3v) is 5.42. The van der Waals surface area contributed by atoms with Crippen LogP contribution < -0.4 is 14.0 Å². The minimum atomic E-state index is -0.130. The van der Waals surface area contributed by atoms with E-state index in [9.17, 15) is 9.59 Å². The van der Waals surface area contributed by atoms with Gasteiger partial charge in [-0.15, -0.1) is 0 Å². The van der Waals surface area contributed by atoms with E-state index in [1.807, 2.05) is 44.2 Å². The van der Waals surface area contributed by atoms with Crippen molar-refractivity contribution in [3.8, 4) is 11.5 Å². The average molecular weight is 405 g/mol. The summed E-state index contributed by atoms with van der Waals surface area (Å²) < 4.78 is 15.7. The first kappa shape index (κ1) is 19.9. The lowest BCUT2D eigenvalue weighted by molar-refractivity contribution is -0.683. The van der Waals surface area contributed by atoms with Gasteiger partial charge in [-0.05, 0) is 45.0 Å². The van der Waals surface area contributed by atoms with Crippen molar-refractivity contribution in [3.05, 3.63) is 77.4 Å². The topological polar surface area (TPSA) is 61.4 Å². The molecule has 0 unspecified atom stereocenters. The number of Topliss-reactive ketones (excluding diaryl/α,β-unsaturated/α-hetero) is 2. The number of hydrogen-bond acceptors (Lipinski definition) is 4. The van der Waals surface area contributed by atoms with Gasteiger partial charge in [-0.1, -0.05) is 12.1 Å². The summed E-state index contributed by atoms with van der Waals surface area (Å²) in [6.45, 7) is 6.71. The predicted molar refractivity (Wildman–Crippen MR) is 111 cm³/mol. The number of carbonyl (C=O) groups is 2. The Bertz CT molecular complexity index is 1120. The smallest absolute Gasteiger partial charge is 0.229 e. The van der Waals surface area contributed by atoms with Gasteiger partial charge in [0.05, 0.1) is 12.1 Å². The largest absolute Gasteiger partial charge is 0.486 e. The Labute approximate surface area is 175 Å². The maximum atomic E-state index is 13.0. The summed E-state index contributed by atoms with van der Waals surface area (Å²) in [5.74, 6) is 1.49. The first-order valence-electron chi connectivity index (χ1n) is 10.0. The molecule has 1 aliphatic rings. The molecule has 0 saturated carbocycles. The monoisotopic (exact) mass is 405 g/mol. The molecule has 3 aromatic rings. The number of hydrogen-bond donors (Lipinski definition) is 0. The average Bonchev–Trinajstić information content (AvgIpc) is 3.02. The lowest BCUT2D eigenvalue weighted by Gasteiger charge is -2.27. The van der Waals surface area contributed by atoms with Gasteiger partial charge in [0, 0.05) is 23.0 Å². The van der Waals surface area contributed by atoms with Gasteiger partial charge in [0.25, 0.3) is 0 Å². The molecule has 30 heavy (non-hydrogen) atoms. The molecule has 1 aromatic carbocycles. The molecule has 4 rings (SSSR count). The molecule has 0 radical (unpaired) electrons. The van der Waals surface area contributed by atoms with Crippen molar-refractivity contribution < 1.29 is 23.6 Å². The Balaban J connectivity index is 1.50. The summed E-state index contributed by atoms with van der Waals surface area (Å²) in [5.41, 5.74) is 3.18. The molecule has 6 heteroatoms. The summed E-state index contributed by atoms with van der Waals surface area (Å²) in [6.07, 6.45) is 3.38. The van der Waals surface area contributed by atoms with Gasteiger partial charge in [0.2, 0.25) is 12.3 Å². The highest BCUT2D eigenvalue weighted by Crippen LogP contribution is 2.31. The molecule has 154 valence electrons. The van der Waals surface area contributed by atoms with Crippen LogP contribution >= 0.6 is 0 Å². The van der Waals surface area contributed by atoms with E-state index in [0.717, 1.165) is 22.9 Å². The maximum absolute atomic E-state index is 13.0. The molecule has 1 atom stereocenters. The molecule has 0 amide bonds. The van der Waals surface area contributed by atoms with E-state index in [-0.39, 0.29) is 24.2 Å². The second kappa shape index (κ2) is 8.14. The molecule has 0 aliphatic carbocycles. The van der Waals surface area contributed by atoms with Crippen molar-refractivity contribution in [1.29, 1.82) is 0 Å². The van der Waals surface area contributed by atoms with Crippen molar-refractivity contribution >= 4 is 11.6 Å². The lowest BCUT2D eigenvalue weighted by Crippen LogP contribution is -2.38. The fourth-order valence-corrected chi connectivity index (χ4v) is 3.80. The quantitative estimate of drug-likeness (QED) is 0.466. The van der Waals surface area contributed by atoms with E-state index in [4.69, 9.17) is 9.47 Å². The van der Waals surface area contributed by atoms with E-state index in [0.29, 0.717) is 24.3 Å². The fourth-order valence-electron chi connectivity index (χ4n) is 3.80. The maximum Gasteiger partial charge on any atom is 0.229 e. The van der Waals surface area contributed by atoms with Crippen LogP contribution in [0.25, 0.3) is 0 Å². The van der Waals surface area contributed by atoms with Crippen LogP contribution in [0.15, 0.2) is 54.9 Å². The number of aromatic nitrogens is 2. The van der Waals surface area contributed by atoms with Crippen LogP contribution in [0.4, 0.5) is 0 Å². The molecule has 3 heterocycles. The highest BCUT2D eigenvalue weighted by molar-refractivity contribution is 5.96. The highest BCUT2D eigenvalue weighted by Gasteiger charge is 2.25. The molecule has 1 aliphatic heterocycles. The Morgan fingerprint density at radius 1 is 1.13 bits per heavy atom. The van der Waals surface area contributed by atoms with Gasteiger partial charge in [-0.3, -0.25) is 9.59 Å². The number of carbonyl (C=O) groups excluding carboxylic acids is 2. The molecule has 6 nitrogen and oxygen atoms in total. The van der Waals surface area contributed by atoms with Crippen molar-refractivity contribution in [2.45, 2.75) is 40.0 Å². The van der Waals surface area contributed by atoms with E-state index in [2.05, 4.69) is 4.57 Å². The minimum Gasteiger partial charge on any atom is -0.486 e. The number of rotatable bonds is 6. The van der Waals surface area contributed by atoms with E-state index < -0.39 is 0 Å². The van der Waals surface area contributed by atoms with Crippen molar-refractivity contribution in [3.63, 3.8) is 0 Å². The fraction of sp³-hybridized carbons (Fsp3) is 0.292. The van der Waals surface area contributed by atoms with Gasteiger partial charge >= 0.3 is 0 Å². The molecule has 0 N–H and O–H groups in total. The van der Waals surface area contributed by atoms with Crippen molar-refractivity contribution in [2.24, 2.45) is 0 Å². The number of ketones is 2. The zero-order valence-corrected chi connectivity index (χ0v) is 17.4. The molecule has 0 saturated heterocycles. The van der Waals surface area contributed by atoms with Crippen molar-refractivity contribution in [2.75, 3.05) is 6.61 Å². The summed E-state index contributed by atoms with van der Waals surface area (Å²) in [6, 6.07) is 13.1. The molecular weight excluding hydrogens is 380 g/mol. The lowest BCUT2D eigenvalue weighted by atomic mass is 10.1. The zero-order valence-electron chi connectivity index (χ0n) is 17.4. The first-order valence-corrected chi connectivity index (χ1v) is 10.0.